The van der Waals surface area contributed by atoms with Gasteiger partial charge < -0.3 is 5.32 Å². The lowest BCUT2D eigenvalue weighted by Gasteiger charge is -2.40. The van der Waals surface area contributed by atoms with Crippen LogP contribution in [-0.4, -0.2) is 32.6 Å². The highest BCUT2D eigenvalue weighted by Gasteiger charge is 2.49. The van der Waals surface area contributed by atoms with Crippen LogP contribution in [-0.2, 0) is 11.2 Å². The highest BCUT2D eigenvalue weighted by atomic mass is 16.2. The summed E-state index contributed by atoms with van der Waals surface area (Å²) in [4.78, 5) is 12.8. The summed E-state index contributed by atoms with van der Waals surface area (Å²) in [6, 6.07) is 0.406. The fraction of sp³-hybridized carbons (Fsp3) is 0.882. The monoisotopic (exact) mass is 317 g/mol. The Morgan fingerprint density at radius 3 is 2.74 bits per heavy atom. The molecule has 4 rings (SSSR count). The number of aromatic nitrogens is 4. The third-order valence-electron chi connectivity index (χ3n) is 6.55. The van der Waals surface area contributed by atoms with E-state index in [-0.39, 0.29) is 5.91 Å². The molecule has 23 heavy (non-hydrogen) atoms. The number of amides is 1. The van der Waals surface area contributed by atoms with E-state index >= 15 is 0 Å². The standard InChI is InChI=1S/C17H27N5O/c1-17(2,4-3-15-19-21-22-20-15)16(23)18-14-9-11-5-10-6-12(7-11)13(14)8-10/h10-14H,3-9H2,1-2H3,(H,18,23)(H,19,20,21,22). The van der Waals surface area contributed by atoms with E-state index in [9.17, 15) is 4.79 Å². The molecule has 3 aliphatic carbocycles. The fourth-order valence-corrected chi connectivity index (χ4v) is 5.31. The lowest BCUT2D eigenvalue weighted by atomic mass is 9.70. The van der Waals surface area contributed by atoms with Gasteiger partial charge in [-0.15, -0.1) is 10.2 Å². The molecular formula is C17H27N5O. The number of rotatable bonds is 5. The van der Waals surface area contributed by atoms with E-state index in [0.717, 1.165) is 30.1 Å². The number of carbonyl (C=O) groups is 1. The molecule has 1 heterocycles. The zero-order valence-corrected chi connectivity index (χ0v) is 14.1. The molecule has 5 unspecified atom stereocenters. The van der Waals surface area contributed by atoms with Crippen LogP contribution in [0.25, 0.3) is 0 Å². The number of H-pyrrole nitrogens is 1. The maximum atomic E-state index is 12.8. The Morgan fingerprint density at radius 1 is 1.22 bits per heavy atom. The Hall–Kier alpha value is -1.46. The summed E-state index contributed by atoms with van der Waals surface area (Å²) in [5.41, 5.74) is -0.394. The molecule has 0 saturated heterocycles. The van der Waals surface area contributed by atoms with Crippen LogP contribution >= 0.6 is 0 Å². The van der Waals surface area contributed by atoms with Crippen LogP contribution in [0.3, 0.4) is 0 Å². The summed E-state index contributed by atoms with van der Waals surface area (Å²) >= 11 is 0. The third-order valence-corrected chi connectivity index (χ3v) is 6.55. The number of hydrogen-bond acceptors (Lipinski definition) is 4. The van der Waals surface area contributed by atoms with E-state index in [2.05, 4.69) is 25.9 Å². The molecule has 3 fully saturated rings. The van der Waals surface area contributed by atoms with Crippen LogP contribution in [0.4, 0.5) is 0 Å². The van der Waals surface area contributed by atoms with Crippen LogP contribution in [0.1, 0.15) is 58.2 Å². The number of hydrogen-bond donors (Lipinski definition) is 2. The second kappa shape index (κ2) is 5.56. The van der Waals surface area contributed by atoms with E-state index in [0.29, 0.717) is 18.3 Å². The maximum Gasteiger partial charge on any atom is 0.225 e. The van der Waals surface area contributed by atoms with Crippen molar-refractivity contribution >= 4 is 5.91 Å². The van der Waals surface area contributed by atoms with Gasteiger partial charge in [0.1, 0.15) is 0 Å². The van der Waals surface area contributed by atoms with Gasteiger partial charge in [-0.2, -0.15) is 5.21 Å². The molecule has 3 saturated carbocycles. The first-order chi connectivity index (χ1) is 11.0. The quantitative estimate of drug-likeness (QED) is 0.871. The first-order valence-corrected chi connectivity index (χ1v) is 9.04. The summed E-state index contributed by atoms with van der Waals surface area (Å²) < 4.78 is 0. The minimum Gasteiger partial charge on any atom is -0.353 e. The van der Waals surface area contributed by atoms with Gasteiger partial charge in [-0.25, -0.2) is 0 Å². The molecule has 1 aromatic rings. The molecule has 1 amide bonds. The lowest BCUT2D eigenvalue weighted by molar-refractivity contribution is -0.131. The van der Waals surface area contributed by atoms with Gasteiger partial charge in [0.25, 0.3) is 0 Å². The number of nitrogens with zero attached hydrogens (tertiary/aromatic N) is 3. The smallest absolute Gasteiger partial charge is 0.225 e. The fourth-order valence-electron chi connectivity index (χ4n) is 5.31. The Bertz CT molecular complexity index is 568. The van der Waals surface area contributed by atoms with Crippen molar-refractivity contribution in [2.75, 3.05) is 0 Å². The molecule has 0 aliphatic heterocycles. The van der Waals surface area contributed by atoms with E-state index in [4.69, 9.17) is 0 Å². The molecule has 3 aliphatic rings. The van der Waals surface area contributed by atoms with Gasteiger partial charge in [-0.05, 0) is 62.2 Å². The molecule has 126 valence electrons. The van der Waals surface area contributed by atoms with Gasteiger partial charge in [0.2, 0.25) is 5.91 Å². The molecule has 6 nitrogen and oxygen atoms in total. The highest BCUT2D eigenvalue weighted by molar-refractivity contribution is 5.82. The van der Waals surface area contributed by atoms with Gasteiger partial charge >= 0.3 is 0 Å². The summed E-state index contributed by atoms with van der Waals surface area (Å²) in [6.07, 6.45) is 8.19. The van der Waals surface area contributed by atoms with Gasteiger partial charge in [0.15, 0.2) is 5.82 Å². The first kappa shape index (κ1) is 15.1. The average Bonchev–Trinajstić information content (AvgIpc) is 3.09. The van der Waals surface area contributed by atoms with E-state index in [1.807, 2.05) is 13.8 Å². The van der Waals surface area contributed by atoms with E-state index in [1.54, 1.807) is 0 Å². The van der Waals surface area contributed by atoms with Crippen LogP contribution in [0.15, 0.2) is 0 Å². The molecule has 0 spiro atoms. The van der Waals surface area contributed by atoms with Gasteiger partial charge in [0.05, 0.1) is 0 Å². The highest BCUT2D eigenvalue weighted by Crippen LogP contribution is 2.55. The number of nitrogens with one attached hydrogen (secondary N) is 2. The second-order valence-corrected chi connectivity index (χ2v) is 8.63. The third kappa shape index (κ3) is 2.88. The summed E-state index contributed by atoms with van der Waals surface area (Å²) in [7, 11) is 0. The second-order valence-electron chi connectivity index (χ2n) is 8.63. The van der Waals surface area contributed by atoms with Gasteiger partial charge in [0, 0.05) is 17.9 Å². The SMILES string of the molecule is CC(C)(CCc1nn[nH]n1)C(=O)NC1CC2CC3CC(C2)C1C3. The van der Waals surface area contributed by atoms with Crippen molar-refractivity contribution in [1.29, 1.82) is 0 Å². The minimum atomic E-state index is -0.394. The zero-order chi connectivity index (χ0) is 16.0. The Balaban J connectivity index is 1.37. The predicted molar refractivity (Wildman–Crippen MR) is 85.3 cm³/mol. The summed E-state index contributed by atoms with van der Waals surface area (Å²) in [5, 5.41) is 17.4. The van der Waals surface area contributed by atoms with Crippen molar-refractivity contribution < 1.29 is 4.79 Å². The van der Waals surface area contributed by atoms with Gasteiger partial charge in [-0.3, -0.25) is 4.79 Å². The summed E-state index contributed by atoms with van der Waals surface area (Å²) in [5.74, 6) is 4.27. The molecule has 2 N–H and O–H groups in total. The molecule has 0 aromatic carbocycles. The topological polar surface area (TPSA) is 83.6 Å². The minimum absolute atomic E-state index is 0.191. The van der Waals surface area contributed by atoms with Crippen molar-refractivity contribution in [3.8, 4) is 0 Å². The van der Waals surface area contributed by atoms with Crippen molar-refractivity contribution in [2.45, 2.75) is 64.8 Å². The van der Waals surface area contributed by atoms with Crippen LogP contribution in [0.5, 0.6) is 0 Å². The first-order valence-electron chi connectivity index (χ1n) is 9.04. The van der Waals surface area contributed by atoms with Crippen molar-refractivity contribution in [2.24, 2.45) is 29.1 Å². The van der Waals surface area contributed by atoms with Crippen molar-refractivity contribution in [3.63, 3.8) is 0 Å². The van der Waals surface area contributed by atoms with Crippen LogP contribution in [0.2, 0.25) is 0 Å². The Morgan fingerprint density at radius 2 is 2.00 bits per heavy atom. The maximum absolute atomic E-state index is 12.8. The number of tetrazole rings is 1. The average molecular weight is 317 g/mol. The zero-order valence-electron chi connectivity index (χ0n) is 14.1. The number of carbonyl (C=O) groups excluding carboxylic acids is 1. The van der Waals surface area contributed by atoms with Gasteiger partial charge in [-0.1, -0.05) is 19.1 Å². The molecule has 6 heteroatoms. The number of aromatic amines is 1. The molecular weight excluding hydrogens is 290 g/mol. The summed E-state index contributed by atoms with van der Waals surface area (Å²) in [6.45, 7) is 4.05. The molecule has 1 aromatic heterocycles. The van der Waals surface area contributed by atoms with Crippen molar-refractivity contribution in [1.82, 2.24) is 25.9 Å². The largest absolute Gasteiger partial charge is 0.353 e. The Kier molecular flexibility index (Phi) is 3.65. The van der Waals surface area contributed by atoms with E-state index in [1.165, 1.54) is 32.1 Å². The number of fused-ring (bicyclic) bond motifs is 2. The van der Waals surface area contributed by atoms with Crippen LogP contribution < -0.4 is 5.32 Å². The van der Waals surface area contributed by atoms with E-state index < -0.39 is 5.41 Å². The Labute approximate surface area is 137 Å². The van der Waals surface area contributed by atoms with Crippen LogP contribution in [0, 0.1) is 29.1 Å². The lowest BCUT2D eigenvalue weighted by Crippen LogP contribution is -2.49. The number of aryl methyl sites for hydroxylation is 1. The molecule has 3 bridgehead atoms. The predicted octanol–water partition coefficient (Wildman–Crippen LogP) is 2.10. The van der Waals surface area contributed by atoms with Crippen molar-refractivity contribution in [3.05, 3.63) is 5.82 Å². The molecule has 0 radical (unpaired) electrons. The molecule has 5 atom stereocenters. The normalized spacial score (nSPS) is 35.5.